The molecule has 0 spiro atoms. The van der Waals surface area contributed by atoms with Crippen LogP contribution in [0.2, 0.25) is 0 Å². The molecule has 0 aliphatic rings. The highest BCUT2D eigenvalue weighted by Gasteiger charge is 2.17. The standard InChI is InChI=1S/C16H24N2O4/c1-11(19)17-10-6-8-12-7-5-9-13(14(12)20)18-15(21)22-16(2,3)4/h5,7,9,20H,6,8,10H2,1-4H3,(H,17,19)(H,18,21). The number of phenols is 1. The highest BCUT2D eigenvalue weighted by Crippen LogP contribution is 2.28. The second-order valence-electron chi connectivity index (χ2n) is 6.03. The quantitative estimate of drug-likeness (QED) is 0.576. The Morgan fingerprint density at radius 2 is 1.95 bits per heavy atom. The van der Waals surface area contributed by atoms with Gasteiger partial charge in [-0.05, 0) is 45.2 Å². The van der Waals surface area contributed by atoms with Crippen LogP contribution >= 0.6 is 0 Å². The van der Waals surface area contributed by atoms with Crippen molar-refractivity contribution < 1.29 is 19.4 Å². The molecule has 0 saturated heterocycles. The number of amides is 2. The van der Waals surface area contributed by atoms with E-state index in [1.807, 2.05) is 0 Å². The molecule has 0 aromatic heterocycles. The molecule has 0 radical (unpaired) electrons. The number of phenolic OH excluding ortho intramolecular Hbond substituents is 1. The van der Waals surface area contributed by atoms with Crippen molar-refractivity contribution in [2.24, 2.45) is 0 Å². The van der Waals surface area contributed by atoms with E-state index in [0.717, 1.165) is 0 Å². The Balaban J connectivity index is 2.64. The minimum Gasteiger partial charge on any atom is -0.505 e. The van der Waals surface area contributed by atoms with Gasteiger partial charge in [-0.1, -0.05) is 12.1 Å². The summed E-state index contributed by atoms with van der Waals surface area (Å²) in [7, 11) is 0. The summed E-state index contributed by atoms with van der Waals surface area (Å²) in [6.07, 6.45) is 0.678. The second kappa shape index (κ2) is 7.68. The van der Waals surface area contributed by atoms with E-state index >= 15 is 0 Å². The molecule has 22 heavy (non-hydrogen) atoms. The zero-order valence-electron chi connectivity index (χ0n) is 13.5. The number of rotatable bonds is 5. The molecule has 0 saturated carbocycles. The zero-order chi connectivity index (χ0) is 16.8. The Morgan fingerprint density at radius 1 is 1.27 bits per heavy atom. The van der Waals surface area contributed by atoms with Crippen molar-refractivity contribution in [2.45, 2.75) is 46.1 Å². The van der Waals surface area contributed by atoms with Crippen LogP contribution in [0, 0.1) is 0 Å². The summed E-state index contributed by atoms with van der Waals surface area (Å²) in [5.74, 6) is -0.0549. The van der Waals surface area contributed by atoms with Crippen LogP contribution in [0.25, 0.3) is 0 Å². The van der Waals surface area contributed by atoms with Crippen LogP contribution in [0.1, 0.15) is 39.7 Å². The van der Waals surface area contributed by atoms with Gasteiger partial charge >= 0.3 is 6.09 Å². The molecule has 0 fully saturated rings. The molecule has 0 atom stereocenters. The van der Waals surface area contributed by atoms with E-state index in [1.165, 1.54) is 6.92 Å². The lowest BCUT2D eigenvalue weighted by Gasteiger charge is -2.20. The molecule has 6 heteroatoms. The molecule has 1 aromatic rings. The fraction of sp³-hybridized carbons (Fsp3) is 0.500. The number of anilines is 1. The first-order valence-electron chi connectivity index (χ1n) is 7.24. The molecule has 0 heterocycles. The molecular formula is C16H24N2O4. The summed E-state index contributed by atoms with van der Waals surface area (Å²) in [6.45, 7) is 7.31. The minimum atomic E-state index is -0.613. The van der Waals surface area contributed by atoms with Crippen molar-refractivity contribution in [3.05, 3.63) is 23.8 Å². The van der Waals surface area contributed by atoms with Crippen LogP contribution in [0.5, 0.6) is 5.75 Å². The summed E-state index contributed by atoms with van der Waals surface area (Å²) < 4.78 is 5.15. The summed E-state index contributed by atoms with van der Waals surface area (Å²) >= 11 is 0. The largest absolute Gasteiger partial charge is 0.505 e. The average Bonchev–Trinajstić information content (AvgIpc) is 2.36. The van der Waals surface area contributed by atoms with Gasteiger partial charge in [0, 0.05) is 13.5 Å². The number of carbonyl (C=O) groups excluding carboxylic acids is 2. The van der Waals surface area contributed by atoms with Gasteiger partial charge in [-0.2, -0.15) is 0 Å². The Morgan fingerprint density at radius 3 is 2.55 bits per heavy atom. The van der Waals surface area contributed by atoms with E-state index < -0.39 is 11.7 Å². The number of para-hydroxylation sites is 1. The maximum atomic E-state index is 11.7. The molecule has 1 rings (SSSR count). The normalized spacial score (nSPS) is 10.9. The summed E-state index contributed by atoms with van der Waals surface area (Å²) in [6, 6.07) is 5.14. The number of hydrogen-bond acceptors (Lipinski definition) is 4. The first-order chi connectivity index (χ1) is 10.2. The zero-order valence-corrected chi connectivity index (χ0v) is 13.5. The van der Waals surface area contributed by atoms with Gasteiger partial charge in [0.2, 0.25) is 5.91 Å². The lowest BCUT2D eigenvalue weighted by Crippen LogP contribution is -2.27. The minimum absolute atomic E-state index is 0.0242. The topological polar surface area (TPSA) is 87.7 Å². The Kier molecular flexibility index (Phi) is 6.22. The van der Waals surface area contributed by atoms with Crippen LogP contribution in [0.4, 0.5) is 10.5 Å². The van der Waals surface area contributed by atoms with E-state index in [9.17, 15) is 14.7 Å². The highest BCUT2D eigenvalue weighted by molar-refractivity contribution is 5.87. The van der Waals surface area contributed by atoms with E-state index in [2.05, 4.69) is 10.6 Å². The number of hydrogen-bond donors (Lipinski definition) is 3. The molecule has 2 amide bonds. The lowest BCUT2D eigenvalue weighted by molar-refractivity contribution is -0.118. The number of benzene rings is 1. The van der Waals surface area contributed by atoms with Crippen LogP contribution < -0.4 is 10.6 Å². The molecule has 6 nitrogen and oxygen atoms in total. The summed E-state index contributed by atoms with van der Waals surface area (Å²) in [4.78, 5) is 22.5. The number of carbonyl (C=O) groups is 2. The molecule has 122 valence electrons. The fourth-order valence-corrected chi connectivity index (χ4v) is 1.85. The van der Waals surface area contributed by atoms with Gasteiger partial charge < -0.3 is 15.2 Å². The predicted molar refractivity (Wildman–Crippen MR) is 85.0 cm³/mol. The number of aryl methyl sites for hydroxylation is 1. The molecule has 0 unspecified atom stereocenters. The fourth-order valence-electron chi connectivity index (χ4n) is 1.85. The van der Waals surface area contributed by atoms with Crippen molar-refractivity contribution >= 4 is 17.7 Å². The molecule has 0 bridgehead atoms. The third-order valence-corrected chi connectivity index (χ3v) is 2.75. The van der Waals surface area contributed by atoms with Crippen molar-refractivity contribution in [1.82, 2.24) is 5.32 Å². The number of aromatic hydroxyl groups is 1. The van der Waals surface area contributed by atoms with Crippen molar-refractivity contribution in [3.8, 4) is 5.75 Å². The predicted octanol–water partition coefficient (Wildman–Crippen LogP) is 2.81. The maximum absolute atomic E-state index is 11.7. The number of ether oxygens (including phenoxy) is 1. The van der Waals surface area contributed by atoms with Gasteiger partial charge in [-0.25, -0.2) is 4.79 Å². The van der Waals surface area contributed by atoms with Gasteiger partial charge in [-0.15, -0.1) is 0 Å². The van der Waals surface area contributed by atoms with Crippen LogP contribution in [-0.2, 0) is 16.0 Å². The Labute approximate surface area is 130 Å². The maximum Gasteiger partial charge on any atom is 0.412 e. The van der Waals surface area contributed by atoms with Gasteiger partial charge in [0.05, 0.1) is 5.69 Å². The van der Waals surface area contributed by atoms with Crippen LogP contribution in [0.3, 0.4) is 0 Å². The molecular weight excluding hydrogens is 284 g/mol. The summed E-state index contributed by atoms with van der Waals surface area (Å²) in [5.41, 5.74) is 0.417. The smallest absolute Gasteiger partial charge is 0.412 e. The molecule has 0 aliphatic carbocycles. The second-order valence-corrected chi connectivity index (χ2v) is 6.03. The van der Waals surface area contributed by atoms with Gasteiger partial charge in [0.15, 0.2) is 0 Å². The monoisotopic (exact) mass is 308 g/mol. The van der Waals surface area contributed by atoms with E-state index in [0.29, 0.717) is 30.6 Å². The van der Waals surface area contributed by atoms with Crippen molar-refractivity contribution in [2.75, 3.05) is 11.9 Å². The van der Waals surface area contributed by atoms with Crippen LogP contribution in [0.15, 0.2) is 18.2 Å². The Bertz CT molecular complexity index is 535. The van der Waals surface area contributed by atoms with E-state index in [-0.39, 0.29) is 11.7 Å². The van der Waals surface area contributed by atoms with Gasteiger partial charge in [-0.3, -0.25) is 10.1 Å². The number of nitrogens with one attached hydrogen (secondary N) is 2. The van der Waals surface area contributed by atoms with Crippen LogP contribution in [-0.4, -0.2) is 29.3 Å². The first kappa shape index (κ1) is 17.8. The third kappa shape index (κ3) is 6.47. The SMILES string of the molecule is CC(=O)NCCCc1cccc(NC(=O)OC(C)(C)C)c1O. The highest BCUT2D eigenvalue weighted by atomic mass is 16.6. The van der Waals surface area contributed by atoms with Crippen molar-refractivity contribution in [1.29, 1.82) is 0 Å². The van der Waals surface area contributed by atoms with Crippen molar-refractivity contribution in [3.63, 3.8) is 0 Å². The van der Waals surface area contributed by atoms with E-state index in [4.69, 9.17) is 4.74 Å². The molecule has 3 N–H and O–H groups in total. The molecule has 0 aliphatic heterocycles. The third-order valence-electron chi connectivity index (χ3n) is 2.75. The first-order valence-corrected chi connectivity index (χ1v) is 7.24. The van der Waals surface area contributed by atoms with Gasteiger partial charge in [0.1, 0.15) is 11.4 Å². The summed E-state index contributed by atoms with van der Waals surface area (Å²) in [5, 5.41) is 15.4. The Hall–Kier alpha value is -2.24. The van der Waals surface area contributed by atoms with E-state index in [1.54, 1.807) is 39.0 Å². The average molecular weight is 308 g/mol. The van der Waals surface area contributed by atoms with Gasteiger partial charge in [0.25, 0.3) is 0 Å². The lowest BCUT2D eigenvalue weighted by atomic mass is 10.1. The molecule has 1 aromatic carbocycles.